The van der Waals surface area contributed by atoms with E-state index in [1.807, 2.05) is 0 Å². The number of fused-ring (bicyclic) bond motifs is 1. The van der Waals surface area contributed by atoms with Crippen LogP contribution in [-0.2, 0) is 4.74 Å². The molecule has 1 saturated carbocycles. The molecule has 1 saturated heterocycles. The van der Waals surface area contributed by atoms with Crippen molar-refractivity contribution < 1.29 is 9.84 Å². The molecule has 126 valence electrons. The van der Waals surface area contributed by atoms with Crippen LogP contribution >= 0.6 is 0 Å². The molecule has 0 amide bonds. The monoisotopic (exact) mass is 306 g/mol. The van der Waals surface area contributed by atoms with Gasteiger partial charge in [-0.2, -0.15) is 0 Å². The van der Waals surface area contributed by atoms with E-state index in [-0.39, 0.29) is 11.7 Å². The molecule has 1 heterocycles. The van der Waals surface area contributed by atoms with Crippen LogP contribution in [0.25, 0.3) is 0 Å². The van der Waals surface area contributed by atoms with Crippen molar-refractivity contribution >= 4 is 0 Å². The van der Waals surface area contributed by atoms with Crippen LogP contribution in [0.1, 0.15) is 97.3 Å². The molecule has 0 radical (unpaired) electrons. The van der Waals surface area contributed by atoms with Crippen molar-refractivity contribution in [2.75, 3.05) is 0 Å². The molecule has 0 aromatic heterocycles. The van der Waals surface area contributed by atoms with Crippen molar-refractivity contribution in [3.05, 3.63) is 0 Å². The molecule has 1 aliphatic heterocycles. The maximum Gasteiger partial charge on any atom is 0.156 e. The van der Waals surface area contributed by atoms with E-state index < -0.39 is 5.60 Å². The molecule has 1 N–H and O–H groups in total. The second-order valence-electron chi connectivity index (χ2n) is 7.17. The predicted molar refractivity (Wildman–Crippen MR) is 91.7 cm³/mol. The zero-order chi connectivity index (χ0) is 15.9. The van der Waals surface area contributed by atoms with E-state index in [1.54, 1.807) is 0 Å². The van der Waals surface area contributed by atoms with Gasteiger partial charge >= 0.3 is 0 Å². The summed E-state index contributed by atoms with van der Waals surface area (Å²) in [4.78, 5) is 0. The van der Waals surface area contributed by atoms with E-state index >= 15 is 0 Å². The van der Waals surface area contributed by atoms with Crippen LogP contribution in [0.2, 0.25) is 0 Å². The fraction of sp³-hybridized carbons (Fsp3) is 0.900. The highest BCUT2D eigenvalue weighted by molar-refractivity contribution is 5.29. The molecule has 2 rings (SSSR count). The second-order valence-corrected chi connectivity index (χ2v) is 7.17. The van der Waals surface area contributed by atoms with Gasteiger partial charge in [0.25, 0.3) is 0 Å². The number of unbranched alkanes of at least 4 members (excludes halogenated alkanes) is 5. The largest absolute Gasteiger partial charge is 0.374 e. The normalized spacial score (nSPS) is 29.7. The third-order valence-electron chi connectivity index (χ3n) is 5.37. The van der Waals surface area contributed by atoms with Gasteiger partial charge in [0, 0.05) is 6.42 Å². The molecule has 0 aromatic rings. The third kappa shape index (κ3) is 4.06. The van der Waals surface area contributed by atoms with Crippen molar-refractivity contribution in [3.8, 4) is 11.8 Å². The van der Waals surface area contributed by atoms with Gasteiger partial charge in [0.15, 0.2) is 5.60 Å². The Morgan fingerprint density at radius 3 is 2.68 bits per heavy atom. The van der Waals surface area contributed by atoms with Crippen LogP contribution in [0.5, 0.6) is 0 Å². The fourth-order valence-electron chi connectivity index (χ4n) is 3.86. The van der Waals surface area contributed by atoms with Gasteiger partial charge in [-0.05, 0) is 32.1 Å². The van der Waals surface area contributed by atoms with E-state index in [2.05, 4.69) is 25.7 Å². The summed E-state index contributed by atoms with van der Waals surface area (Å²) in [5.74, 6) is 6.53. The number of hydrogen-bond acceptors (Lipinski definition) is 2. The quantitative estimate of drug-likeness (QED) is 0.389. The fourth-order valence-corrected chi connectivity index (χ4v) is 3.86. The van der Waals surface area contributed by atoms with Crippen molar-refractivity contribution in [2.45, 2.75) is 115 Å². The van der Waals surface area contributed by atoms with Gasteiger partial charge in [-0.3, -0.25) is 0 Å². The maximum atomic E-state index is 11.4. The van der Waals surface area contributed by atoms with Crippen molar-refractivity contribution in [1.29, 1.82) is 0 Å². The number of ether oxygens (including phenoxy) is 1. The summed E-state index contributed by atoms with van der Waals surface area (Å²) in [5, 5.41) is 11.4. The predicted octanol–water partition coefficient (Wildman–Crippen LogP) is 4.98. The number of hydrogen-bond donors (Lipinski definition) is 1. The Balaban J connectivity index is 2.04. The lowest BCUT2D eigenvalue weighted by Gasteiger charge is -2.30. The molecule has 22 heavy (non-hydrogen) atoms. The Labute approximate surface area is 137 Å². The molecule has 1 aliphatic carbocycles. The first-order chi connectivity index (χ1) is 10.7. The first-order valence-corrected chi connectivity index (χ1v) is 9.59. The standard InChI is InChI=1S/C20H34O2/c1-3-5-7-11-15-19(21,16-12-8-6-4-2)20-17-13-9-10-14-18(20)22-20/h18,21H,3-11,13-15,17H2,1-2H3. The van der Waals surface area contributed by atoms with Gasteiger partial charge in [0.2, 0.25) is 0 Å². The second kappa shape index (κ2) is 8.37. The first-order valence-electron chi connectivity index (χ1n) is 9.59. The van der Waals surface area contributed by atoms with Crippen LogP contribution < -0.4 is 0 Å². The van der Waals surface area contributed by atoms with Crippen molar-refractivity contribution in [3.63, 3.8) is 0 Å². The van der Waals surface area contributed by atoms with Crippen molar-refractivity contribution in [2.24, 2.45) is 0 Å². The topological polar surface area (TPSA) is 32.8 Å². The Hall–Kier alpha value is -0.520. The van der Waals surface area contributed by atoms with E-state index in [0.29, 0.717) is 0 Å². The summed E-state index contributed by atoms with van der Waals surface area (Å²) in [5.41, 5.74) is -1.25. The molecule has 2 heteroatoms. The summed E-state index contributed by atoms with van der Waals surface area (Å²) in [7, 11) is 0. The number of aliphatic hydroxyl groups is 1. The van der Waals surface area contributed by atoms with E-state index in [1.165, 1.54) is 38.5 Å². The van der Waals surface area contributed by atoms with Gasteiger partial charge < -0.3 is 9.84 Å². The molecule has 0 bridgehead atoms. The summed E-state index contributed by atoms with van der Waals surface area (Å²) >= 11 is 0. The van der Waals surface area contributed by atoms with Crippen LogP contribution in [0.15, 0.2) is 0 Å². The smallest absolute Gasteiger partial charge is 0.156 e. The summed E-state index contributed by atoms with van der Waals surface area (Å²) < 4.78 is 6.07. The molecular weight excluding hydrogens is 272 g/mol. The van der Waals surface area contributed by atoms with Gasteiger partial charge in [-0.25, -0.2) is 0 Å². The highest BCUT2D eigenvalue weighted by atomic mass is 16.6. The maximum absolute atomic E-state index is 11.4. The molecule has 2 nitrogen and oxygen atoms in total. The summed E-state index contributed by atoms with van der Waals surface area (Å²) in [6, 6.07) is 0. The molecular formula is C20H34O2. The summed E-state index contributed by atoms with van der Waals surface area (Å²) in [6.07, 6.45) is 14.7. The van der Waals surface area contributed by atoms with E-state index in [9.17, 15) is 5.11 Å². The van der Waals surface area contributed by atoms with Gasteiger partial charge in [-0.15, -0.1) is 5.92 Å². The lowest BCUT2D eigenvalue weighted by Crippen LogP contribution is -2.46. The van der Waals surface area contributed by atoms with E-state index in [4.69, 9.17) is 4.74 Å². The van der Waals surface area contributed by atoms with E-state index in [0.717, 1.165) is 44.9 Å². The molecule has 0 spiro atoms. The molecule has 2 fully saturated rings. The zero-order valence-corrected chi connectivity index (χ0v) is 14.6. The minimum atomic E-state index is -0.913. The minimum absolute atomic E-state index is 0.256. The van der Waals surface area contributed by atoms with Crippen LogP contribution in [0, 0.1) is 11.8 Å². The molecule has 3 atom stereocenters. The Kier molecular flexibility index (Phi) is 6.78. The third-order valence-corrected chi connectivity index (χ3v) is 5.37. The molecule has 2 aliphatic rings. The highest BCUT2D eigenvalue weighted by Crippen LogP contribution is 2.54. The Morgan fingerprint density at radius 1 is 1.09 bits per heavy atom. The lowest BCUT2D eigenvalue weighted by molar-refractivity contribution is -0.00149. The zero-order valence-electron chi connectivity index (χ0n) is 14.6. The van der Waals surface area contributed by atoms with Crippen LogP contribution in [0.3, 0.4) is 0 Å². The SMILES string of the molecule is CCCCC#CC(O)(CCCCCC)C12CCCCCC1O2. The highest BCUT2D eigenvalue weighted by Gasteiger charge is 2.67. The van der Waals surface area contributed by atoms with Crippen molar-refractivity contribution in [1.82, 2.24) is 0 Å². The Bertz CT molecular complexity index is 394. The number of epoxide rings is 1. The average molecular weight is 306 g/mol. The van der Waals surface area contributed by atoms with Crippen LogP contribution in [0.4, 0.5) is 0 Å². The minimum Gasteiger partial charge on any atom is -0.374 e. The summed E-state index contributed by atoms with van der Waals surface area (Å²) in [6.45, 7) is 4.41. The average Bonchev–Trinajstić information content (AvgIpc) is 3.24. The first kappa shape index (κ1) is 17.8. The Morgan fingerprint density at radius 2 is 1.91 bits per heavy atom. The van der Waals surface area contributed by atoms with Gasteiger partial charge in [0.1, 0.15) is 5.60 Å². The molecule has 0 aromatic carbocycles. The van der Waals surface area contributed by atoms with Gasteiger partial charge in [-0.1, -0.05) is 64.7 Å². The lowest BCUT2D eigenvalue weighted by atomic mass is 9.78. The number of rotatable bonds is 8. The van der Waals surface area contributed by atoms with Gasteiger partial charge in [0.05, 0.1) is 6.10 Å². The van der Waals surface area contributed by atoms with Crippen LogP contribution in [-0.4, -0.2) is 22.4 Å². The molecule has 3 unspecified atom stereocenters.